The van der Waals surface area contributed by atoms with E-state index in [0.717, 1.165) is 38.2 Å². The van der Waals surface area contributed by atoms with Gasteiger partial charge in [0, 0.05) is 36.7 Å². The second-order valence-corrected chi connectivity index (χ2v) is 6.28. The zero-order valence-electron chi connectivity index (χ0n) is 12.2. The number of nitrogens with one attached hydrogen (secondary N) is 1. The standard InChI is InChI=1S/C15H21Cl2N3O/c1-19(10-12-7-13(16)9-14(17)8-12)15(21)11-20-5-2-3-18-4-6-20/h7-9,18H,2-6,10-11H2,1H3. The highest BCUT2D eigenvalue weighted by atomic mass is 35.5. The molecule has 0 radical (unpaired) electrons. The molecular formula is C15H21Cl2N3O. The molecule has 6 heteroatoms. The normalized spacial score (nSPS) is 16.5. The summed E-state index contributed by atoms with van der Waals surface area (Å²) in [4.78, 5) is 16.2. The smallest absolute Gasteiger partial charge is 0.236 e. The molecule has 0 aliphatic carbocycles. The van der Waals surface area contributed by atoms with E-state index in [2.05, 4.69) is 10.2 Å². The van der Waals surface area contributed by atoms with Gasteiger partial charge in [0.05, 0.1) is 6.54 Å². The maximum absolute atomic E-state index is 12.3. The van der Waals surface area contributed by atoms with Crippen LogP contribution in [0, 0.1) is 0 Å². The molecule has 2 rings (SSSR count). The zero-order chi connectivity index (χ0) is 15.2. The number of hydrogen-bond donors (Lipinski definition) is 1. The lowest BCUT2D eigenvalue weighted by molar-refractivity contribution is -0.131. The van der Waals surface area contributed by atoms with Crippen LogP contribution in [0.5, 0.6) is 0 Å². The van der Waals surface area contributed by atoms with E-state index in [9.17, 15) is 4.79 Å². The van der Waals surface area contributed by atoms with Gasteiger partial charge in [-0.3, -0.25) is 9.69 Å². The van der Waals surface area contributed by atoms with Crippen LogP contribution in [0.3, 0.4) is 0 Å². The minimum Gasteiger partial charge on any atom is -0.340 e. The Hall–Kier alpha value is -0.810. The Labute approximate surface area is 136 Å². The zero-order valence-corrected chi connectivity index (χ0v) is 13.8. The van der Waals surface area contributed by atoms with E-state index in [-0.39, 0.29) is 5.91 Å². The summed E-state index contributed by atoms with van der Waals surface area (Å²) in [6.07, 6.45) is 1.08. The minimum atomic E-state index is 0.119. The van der Waals surface area contributed by atoms with Crippen molar-refractivity contribution < 1.29 is 4.79 Å². The Morgan fingerprint density at radius 3 is 2.67 bits per heavy atom. The maximum atomic E-state index is 12.3. The van der Waals surface area contributed by atoms with Gasteiger partial charge in [0.15, 0.2) is 0 Å². The minimum absolute atomic E-state index is 0.119. The molecule has 0 bridgehead atoms. The van der Waals surface area contributed by atoms with Crippen LogP contribution in [0.15, 0.2) is 18.2 Å². The largest absolute Gasteiger partial charge is 0.340 e. The second kappa shape index (κ2) is 7.99. The van der Waals surface area contributed by atoms with Crippen LogP contribution in [-0.2, 0) is 11.3 Å². The van der Waals surface area contributed by atoms with E-state index in [4.69, 9.17) is 23.2 Å². The molecule has 1 amide bonds. The number of carbonyl (C=O) groups excluding carboxylic acids is 1. The van der Waals surface area contributed by atoms with Crippen molar-refractivity contribution in [2.24, 2.45) is 0 Å². The predicted molar refractivity (Wildman–Crippen MR) is 86.9 cm³/mol. The summed E-state index contributed by atoms with van der Waals surface area (Å²) in [7, 11) is 1.81. The molecule has 1 aromatic rings. The van der Waals surface area contributed by atoms with E-state index < -0.39 is 0 Å². The quantitative estimate of drug-likeness (QED) is 0.920. The first-order valence-electron chi connectivity index (χ1n) is 7.16. The Balaban J connectivity index is 1.89. The van der Waals surface area contributed by atoms with E-state index in [1.165, 1.54) is 0 Å². The van der Waals surface area contributed by atoms with Crippen LogP contribution < -0.4 is 5.32 Å². The van der Waals surface area contributed by atoms with Crippen molar-refractivity contribution in [2.45, 2.75) is 13.0 Å². The first-order valence-corrected chi connectivity index (χ1v) is 7.92. The molecule has 4 nitrogen and oxygen atoms in total. The number of carbonyl (C=O) groups is 1. The summed E-state index contributed by atoms with van der Waals surface area (Å²) in [5.41, 5.74) is 0.945. The summed E-state index contributed by atoms with van der Waals surface area (Å²) in [5, 5.41) is 4.52. The van der Waals surface area contributed by atoms with Gasteiger partial charge in [-0.1, -0.05) is 23.2 Å². The van der Waals surface area contributed by atoms with Gasteiger partial charge in [-0.15, -0.1) is 0 Å². The molecule has 0 aromatic heterocycles. The molecule has 1 saturated heterocycles. The van der Waals surface area contributed by atoms with Crippen LogP contribution in [0.1, 0.15) is 12.0 Å². The summed E-state index contributed by atoms with van der Waals surface area (Å²) in [6, 6.07) is 5.37. The Bertz CT molecular complexity index is 468. The lowest BCUT2D eigenvalue weighted by Crippen LogP contribution is -2.39. The van der Waals surface area contributed by atoms with E-state index in [1.54, 1.807) is 11.0 Å². The SMILES string of the molecule is CN(Cc1cc(Cl)cc(Cl)c1)C(=O)CN1CCCNCC1. The molecule has 1 aliphatic heterocycles. The second-order valence-electron chi connectivity index (χ2n) is 5.41. The lowest BCUT2D eigenvalue weighted by atomic mass is 10.2. The van der Waals surface area contributed by atoms with Gasteiger partial charge in [-0.25, -0.2) is 0 Å². The molecule has 0 saturated carbocycles. The van der Waals surface area contributed by atoms with Crippen LogP contribution in [-0.4, -0.2) is 55.5 Å². The number of halogens is 2. The van der Waals surface area contributed by atoms with Gasteiger partial charge in [0.1, 0.15) is 0 Å². The Morgan fingerprint density at radius 2 is 1.95 bits per heavy atom. The molecule has 1 aromatic carbocycles. The fraction of sp³-hybridized carbons (Fsp3) is 0.533. The van der Waals surface area contributed by atoms with Crippen molar-refractivity contribution >= 4 is 29.1 Å². The van der Waals surface area contributed by atoms with Crippen molar-refractivity contribution in [3.05, 3.63) is 33.8 Å². The molecule has 116 valence electrons. The van der Waals surface area contributed by atoms with Crippen molar-refractivity contribution in [2.75, 3.05) is 39.8 Å². The summed E-state index contributed by atoms with van der Waals surface area (Å²) < 4.78 is 0. The summed E-state index contributed by atoms with van der Waals surface area (Å²) in [5.74, 6) is 0.119. The van der Waals surface area contributed by atoms with Crippen molar-refractivity contribution in [1.29, 1.82) is 0 Å². The van der Waals surface area contributed by atoms with Gasteiger partial charge in [0.2, 0.25) is 5.91 Å². The van der Waals surface area contributed by atoms with Crippen molar-refractivity contribution in [3.63, 3.8) is 0 Å². The van der Waals surface area contributed by atoms with E-state index >= 15 is 0 Å². The van der Waals surface area contributed by atoms with Gasteiger partial charge in [-0.2, -0.15) is 0 Å². The molecule has 1 aliphatic rings. The lowest BCUT2D eigenvalue weighted by Gasteiger charge is -2.23. The van der Waals surface area contributed by atoms with Crippen LogP contribution in [0.2, 0.25) is 10.0 Å². The number of amides is 1. The van der Waals surface area contributed by atoms with Gasteiger partial charge < -0.3 is 10.2 Å². The third kappa shape index (κ3) is 5.47. The molecule has 0 unspecified atom stereocenters. The van der Waals surface area contributed by atoms with Crippen molar-refractivity contribution in [1.82, 2.24) is 15.1 Å². The van der Waals surface area contributed by atoms with Gasteiger partial charge >= 0.3 is 0 Å². The van der Waals surface area contributed by atoms with Gasteiger partial charge in [-0.05, 0) is 43.3 Å². The van der Waals surface area contributed by atoms with Crippen LogP contribution in [0.25, 0.3) is 0 Å². The van der Waals surface area contributed by atoms with Crippen LogP contribution >= 0.6 is 23.2 Å². The summed E-state index contributed by atoms with van der Waals surface area (Å²) >= 11 is 12.0. The van der Waals surface area contributed by atoms with E-state index in [0.29, 0.717) is 23.1 Å². The number of hydrogen-bond acceptors (Lipinski definition) is 3. The molecule has 1 fully saturated rings. The fourth-order valence-electron chi connectivity index (χ4n) is 2.44. The molecular weight excluding hydrogens is 309 g/mol. The third-order valence-corrected chi connectivity index (χ3v) is 4.00. The molecule has 0 spiro atoms. The first kappa shape index (κ1) is 16.6. The fourth-order valence-corrected chi connectivity index (χ4v) is 3.01. The highest BCUT2D eigenvalue weighted by Crippen LogP contribution is 2.20. The molecule has 21 heavy (non-hydrogen) atoms. The molecule has 1 N–H and O–H groups in total. The first-order chi connectivity index (χ1) is 10.0. The molecule has 1 heterocycles. The van der Waals surface area contributed by atoms with E-state index in [1.807, 2.05) is 19.2 Å². The van der Waals surface area contributed by atoms with Crippen LogP contribution in [0.4, 0.5) is 0 Å². The number of benzene rings is 1. The number of rotatable bonds is 4. The molecule has 0 atom stereocenters. The predicted octanol–water partition coefficient (Wildman–Crippen LogP) is 2.25. The van der Waals surface area contributed by atoms with Gasteiger partial charge in [0.25, 0.3) is 0 Å². The highest BCUT2D eigenvalue weighted by molar-refractivity contribution is 6.34. The average Bonchev–Trinajstić information content (AvgIpc) is 2.66. The Kier molecular flexibility index (Phi) is 6.30. The number of likely N-dealkylation sites (N-methyl/N-ethyl adjacent to an activating group) is 1. The Morgan fingerprint density at radius 1 is 1.24 bits per heavy atom. The topological polar surface area (TPSA) is 35.6 Å². The third-order valence-electron chi connectivity index (χ3n) is 3.56. The summed E-state index contributed by atoms with van der Waals surface area (Å²) in [6.45, 7) is 4.85. The average molecular weight is 330 g/mol. The number of nitrogens with zero attached hydrogens (tertiary/aromatic N) is 2. The monoisotopic (exact) mass is 329 g/mol. The highest BCUT2D eigenvalue weighted by Gasteiger charge is 2.16. The maximum Gasteiger partial charge on any atom is 0.236 e. The van der Waals surface area contributed by atoms with Crippen molar-refractivity contribution in [3.8, 4) is 0 Å².